The fourth-order valence-corrected chi connectivity index (χ4v) is 3.83. The van der Waals surface area contributed by atoms with Crippen molar-refractivity contribution in [3.8, 4) is 5.75 Å². The molecule has 0 unspecified atom stereocenters. The van der Waals surface area contributed by atoms with Crippen LogP contribution in [-0.2, 0) is 0 Å². The van der Waals surface area contributed by atoms with Gasteiger partial charge < -0.3 is 15.2 Å². The number of rotatable bonds is 20. The first-order chi connectivity index (χ1) is 15.1. The molecule has 0 fully saturated rings. The summed E-state index contributed by atoms with van der Waals surface area (Å²) in [6.45, 7) is 5.47. The van der Waals surface area contributed by atoms with Gasteiger partial charge in [0.25, 0.3) is 5.91 Å². The van der Waals surface area contributed by atoms with E-state index < -0.39 is 0 Å². The van der Waals surface area contributed by atoms with E-state index in [4.69, 9.17) is 9.84 Å². The molecule has 0 radical (unpaired) electrons. The molecule has 0 heterocycles. The predicted octanol–water partition coefficient (Wildman–Crippen LogP) is 6.90. The van der Waals surface area contributed by atoms with Crippen LogP contribution in [0, 0.1) is 5.92 Å². The van der Waals surface area contributed by atoms with Gasteiger partial charge in [0.1, 0.15) is 5.75 Å². The number of aliphatic hydroxyl groups is 1. The Morgan fingerprint density at radius 3 is 1.90 bits per heavy atom. The summed E-state index contributed by atoms with van der Waals surface area (Å²) in [6, 6.07) is 7.30. The zero-order chi connectivity index (χ0) is 22.6. The predicted molar refractivity (Wildman–Crippen MR) is 131 cm³/mol. The Balaban J connectivity index is 1.94. The van der Waals surface area contributed by atoms with Gasteiger partial charge >= 0.3 is 0 Å². The van der Waals surface area contributed by atoms with E-state index in [9.17, 15) is 4.79 Å². The summed E-state index contributed by atoms with van der Waals surface area (Å²) in [7, 11) is 0. The maximum absolute atomic E-state index is 12.1. The van der Waals surface area contributed by atoms with Crippen LogP contribution in [0.15, 0.2) is 24.3 Å². The summed E-state index contributed by atoms with van der Waals surface area (Å²) >= 11 is 0. The normalized spacial score (nSPS) is 11.1. The summed E-state index contributed by atoms with van der Waals surface area (Å²) < 4.78 is 5.83. The average Bonchev–Trinajstić information content (AvgIpc) is 2.77. The molecule has 0 aliphatic heterocycles. The second-order valence-corrected chi connectivity index (χ2v) is 9.10. The standard InChI is InChI=1S/C27H47NO3/c1-24(2)18-14-12-10-8-6-4-3-5-7-9-11-13-17-23-31-26-20-16-15-19-25(26)27(30)28-21-22-29/h15-16,19-20,24,29H,3-14,17-18,21-23H2,1-2H3,(H,28,30). The van der Waals surface area contributed by atoms with Gasteiger partial charge in [0.05, 0.1) is 18.8 Å². The minimum atomic E-state index is -0.198. The zero-order valence-corrected chi connectivity index (χ0v) is 20.2. The van der Waals surface area contributed by atoms with Gasteiger partial charge in [0, 0.05) is 6.54 Å². The summed E-state index contributed by atoms with van der Waals surface area (Å²) in [4.78, 5) is 12.1. The van der Waals surface area contributed by atoms with Gasteiger partial charge in [0.2, 0.25) is 0 Å². The number of amides is 1. The molecule has 1 aromatic carbocycles. The van der Waals surface area contributed by atoms with Crippen LogP contribution >= 0.6 is 0 Å². The first-order valence-corrected chi connectivity index (χ1v) is 12.8. The summed E-state index contributed by atoms with van der Waals surface area (Å²) in [5, 5.41) is 11.5. The smallest absolute Gasteiger partial charge is 0.255 e. The van der Waals surface area contributed by atoms with Gasteiger partial charge in [-0.2, -0.15) is 0 Å². The number of hydrogen-bond donors (Lipinski definition) is 2. The molecule has 0 aliphatic carbocycles. The molecule has 1 amide bonds. The highest BCUT2D eigenvalue weighted by molar-refractivity contribution is 5.96. The Morgan fingerprint density at radius 2 is 1.35 bits per heavy atom. The third kappa shape index (κ3) is 15.0. The van der Waals surface area contributed by atoms with Crippen LogP contribution in [0.25, 0.3) is 0 Å². The van der Waals surface area contributed by atoms with E-state index >= 15 is 0 Å². The summed E-state index contributed by atoms with van der Waals surface area (Å²) in [5.74, 6) is 1.29. The van der Waals surface area contributed by atoms with Gasteiger partial charge in [0.15, 0.2) is 0 Å². The SMILES string of the molecule is CC(C)CCCCCCCCCCCCCCCOc1ccccc1C(=O)NCCO. The van der Waals surface area contributed by atoms with Crippen molar-refractivity contribution in [1.29, 1.82) is 0 Å². The number of carbonyl (C=O) groups is 1. The van der Waals surface area contributed by atoms with E-state index in [1.807, 2.05) is 18.2 Å². The summed E-state index contributed by atoms with van der Waals surface area (Å²) in [6.07, 6.45) is 18.8. The van der Waals surface area contributed by atoms with Crippen LogP contribution in [0.1, 0.15) is 114 Å². The van der Waals surface area contributed by atoms with Crippen LogP contribution in [-0.4, -0.2) is 30.8 Å². The quantitative estimate of drug-likeness (QED) is 0.220. The lowest BCUT2D eigenvalue weighted by atomic mass is 10.0. The van der Waals surface area contributed by atoms with E-state index in [0.717, 1.165) is 12.3 Å². The van der Waals surface area contributed by atoms with E-state index in [2.05, 4.69) is 19.2 Å². The molecular formula is C27H47NO3. The number of carbonyl (C=O) groups excluding carboxylic acids is 1. The first kappa shape index (κ1) is 27.5. The van der Waals surface area contributed by atoms with Crippen molar-refractivity contribution < 1.29 is 14.6 Å². The van der Waals surface area contributed by atoms with Gasteiger partial charge in [-0.15, -0.1) is 0 Å². The lowest BCUT2D eigenvalue weighted by molar-refractivity contribution is 0.0940. The number of aliphatic hydroxyl groups excluding tert-OH is 1. The van der Waals surface area contributed by atoms with Crippen molar-refractivity contribution in [2.24, 2.45) is 5.92 Å². The highest BCUT2D eigenvalue weighted by atomic mass is 16.5. The Hall–Kier alpha value is -1.55. The molecule has 2 N–H and O–H groups in total. The topological polar surface area (TPSA) is 58.6 Å². The molecule has 178 valence electrons. The second kappa shape index (κ2) is 19.2. The minimum absolute atomic E-state index is 0.0622. The fourth-order valence-electron chi connectivity index (χ4n) is 3.83. The van der Waals surface area contributed by atoms with E-state index in [0.29, 0.717) is 17.9 Å². The third-order valence-corrected chi connectivity index (χ3v) is 5.71. The highest BCUT2D eigenvalue weighted by Crippen LogP contribution is 2.19. The number of nitrogens with one attached hydrogen (secondary N) is 1. The van der Waals surface area contributed by atoms with Gasteiger partial charge in [-0.05, 0) is 24.5 Å². The van der Waals surface area contributed by atoms with Gasteiger partial charge in [-0.3, -0.25) is 4.79 Å². The van der Waals surface area contributed by atoms with Crippen molar-refractivity contribution in [1.82, 2.24) is 5.32 Å². The third-order valence-electron chi connectivity index (χ3n) is 5.71. The molecule has 0 aromatic heterocycles. The van der Waals surface area contributed by atoms with Crippen molar-refractivity contribution in [2.75, 3.05) is 19.8 Å². The molecule has 0 atom stereocenters. The summed E-state index contributed by atoms with van der Waals surface area (Å²) in [5.41, 5.74) is 0.534. The molecular weight excluding hydrogens is 386 g/mol. The Morgan fingerprint density at radius 1 is 0.839 bits per heavy atom. The second-order valence-electron chi connectivity index (χ2n) is 9.10. The van der Waals surface area contributed by atoms with E-state index in [-0.39, 0.29) is 19.1 Å². The lowest BCUT2D eigenvalue weighted by Gasteiger charge is -2.11. The molecule has 1 rings (SSSR count). The number of unbranched alkanes of at least 4 members (excludes halogenated alkanes) is 12. The van der Waals surface area contributed by atoms with Crippen LogP contribution in [0.5, 0.6) is 5.75 Å². The van der Waals surface area contributed by atoms with Crippen molar-refractivity contribution in [3.05, 3.63) is 29.8 Å². The van der Waals surface area contributed by atoms with Crippen molar-refractivity contribution >= 4 is 5.91 Å². The fraction of sp³-hybridized carbons (Fsp3) is 0.741. The molecule has 0 saturated heterocycles. The molecule has 0 aliphatic rings. The minimum Gasteiger partial charge on any atom is -0.493 e. The maximum atomic E-state index is 12.1. The number of ether oxygens (including phenoxy) is 1. The molecule has 1 aromatic rings. The number of benzene rings is 1. The molecule has 4 nitrogen and oxygen atoms in total. The lowest BCUT2D eigenvalue weighted by Crippen LogP contribution is -2.26. The molecule has 31 heavy (non-hydrogen) atoms. The van der Waals surface area contributed by atoms with E-state index in [1.54, 1.807) is 6.07 Å². The average molecular weight is 434 g/mol. The van der Waals surface area contributed by atoms with Crippen LogP contribution in [0.3, 0.4) is 0 Å². The largest absolute Gasteiger partial charge is 0.493 e. The van der Waals surface area contributed by atoms with Gasteiger partial charge in [-0.25, -0.2) is 0 Å². The highest BCUT2D eigenvalue weighted by Gasteiger charge is 2.11. The van der Waals surface area contributed by atoms with E-state index in [1.165, 1.54) is 83.5 Å². The first-order valence-electron chi connectivity index (χ1n) is 12.8. The maximum Gasteiger partial charge on any atom is 0.255 e. The molecule has 0 saturated carbocycles. The van der Waals surface area contributed by atoms with Crippen LogP contribution < -0.4 is 10.1 Å². The molecule has 0 bridgehead atoms. The number of hydrogen-bond acceptors (Lipinski definition) is 3. The van der Waals surface area contributed by atoms with Crippen LogP contribution in [0.4, 0.5) is 0 Å². The molecule has 0 spiro atoms. The Bertz CT molecular complexity index is 559. The van der Waals surface area contributed by atoms with Crippen molar-refractivity contribution in [2.45, 2.75) is 104 Å². The molecule has 4 heteroatoms. The monoisotopic (exact) mass is 433 g/mol. The van der Waals surface area contributed by atoms with Crippen molar-refractivity contribution in [3.63, 3.8) is 0 Å². The Kier molecular flexibility index (Phi) is 17.0. The van der Waals surface area contributed by atoms with Crippen LogP contribution in [0.2, 0.25) is 0 Å². The number of para-hydroxylation sites is 1. The Labute approximate surface area is 191 Å². The van der Waals surface area contributed by atoms with Gasteiger partial charge in [-0.1, -0.05) is 109 Å². The zero-order valence-electron chi connectivity index (χ0n) is 20.2.